The van der Waals surface area contributed by atoms with E-state index < -0.39 is 0 Å². The van der Waals surface area contributed by atoms with Crippen molar-refractivity contribution in [3.05, 3.63) is 28.2 Å². The Kier molecular flexibility index (Phi) is 2.20. The van der Waals surface area contributed by atoms with Crippen LogP contribution in [0.2, 0.25) is 0 Å². The molecular weight excluding hydrogens is 204 g/mol. The molecule has 0 saturated carbocycles. The molecule has 0 amide bonds. The normalized spacial score (nSPS) is 10.9. The van der Waals surface area contributed by atoms with Gasteiger partial charge in [0.1, 0.15) is 11.7 Å². The minimum absolute atomic E-state index is 0.130. The number of nitrogen functional groups attached to an aromatic ring is 1. The Bertz CT molecular complexity index is 642. The van der Waals surface area contributed by atoms with Crippen LogP contribution < -0.4 is 11.2 Å². The summed E-state index contributed by atoms with van der Waals surface area (Å²) in [4.78, 5) is 14.8. The molecule has 0 radical (unpaired) electrons. The number of nitrogens with one attached hydrogen (secondary N) is 1. The zero-order chi connectivity index (χ0) is 11.9. The molecule has 0 spiro atoms. The lowest BCUT2D eigenvalue weighted by molar-refractivity contribution is 0.617. The molecule has 0 aliphatic heterocycles. The lowest BCUT2D eigenvalue weighted by Crippen LogP contribution is -2.10. The predicted octanol–water partition coefficient (Wildman–Crippen LogP) is 1.36. The van der Waals surface area contributed by atoms with Crippen LogP contribution in [-0.2, 0) is 0 Å². The molecule has 3 N–H and O–H groups in total. The molecule has 82 valence electrons. The molecule has 0 bridgehead atoms. The standard InChI is InChI=1S/C11H12N4O/c1-6(2)15-5-7(3-12)9-10(16)8(13)4-14-11(9)15/h4-6H,13H2,1-2H3,(H,14,16). The third-order valence-electron chi connectivity index (χ3n) is 2.56. The summed E-state index contributed by atoms with van der Waals surface area (Å²) in [5, 5.41) is 9.36. The van der Waals surface area contributed by atoms with Crippen LogP contribution in [0.3, 0.4) is 0 Å². The van der Waals surface area contributed by atoms with Crippen molar-refractivity contribution in [2.75, 3.05) is 5.73 Å². The summed E-state index contributed by atoms with van der Waals surface area (Å²) in [7, 11) is 0. The summed E-state index contributed by atoms with van der Waals surface area (Å²) in [6, 6.07) is 2.19. The topological polar surface area (TPSA) is 87.6 Å². The van der Waals surface area contributed by atoms with Crippen molar-refractivity contribution < 1.29 is 0 Å². The largest absolute Gasteiger partial charge is 0.394 e. The first-order valence-electron chi connectivity index (χ1n) is 4.98. The first kappa shape index (κ1) is 10.3. The number of rotatable bonds is 1. The van der Waals surface area contributed by atoms with Crippen molar-refractivity contribution in [1.82, 2.24) is 9.55 Å². The van der Waals surface area contributed by atoms with Crippen LogP contribution in [0.15, 0.2) is 17.2 Å². The fourth-order valence-electron chi connectivity index (χ4n) is 1.75. The molecule has 0 atom stereocenters. The smallest absolute Gasteiger partial charge is 0.215 e. The summed E-state index contributed by atoms with van der Waals surface area (Å²) in [5.41, 5.74) is 6.38. The zero-order valence-corrected chi connectivity index (χ0v) is 9.11. The highest BCUT2D eigenvalue weighted by atomic mass is 16.1. The molecule has 5 heteroatoms. The van der Waals surface area contributed by atoms with E-state index >= 15 is 0 Å². The number of anilines is 1. The average Bonchev–Trinajstić information content (AvgIpc) is 2.62. The Morgan fingerprint density at radius 3 is 2.81 bits per heavy atom. The van der Waals surface area contributed by atoms with E-state index in [1.807, 2.05) is 24.5 Å². The van der Waals surface area contributed by atoms with Gasteiger partial charge in [-0.1, -0.05) is 0 Å². The van der Waals surface area contributed by atoms with Gasteiger partial charge in [0, 0.05) is 18.4 Å². The monoisotopic (exact) mass is 216 g/mol. The van der Waals surface area contributed by atoms with Crippen LogP contribution in [-0.4, -0.2) is 9.55 Å². The second kappa shape index (κ2) is 3.42. The highest BCUT2D eigenvalue weighted by Gasteiger charge is 2.14. The molecule has 2 aromatic heterocycles. The Hall–Kier alpha value is -2.22. The molecule has 0 aliphatic rings. The van der Waals surface area contributed by atoms with Gasteiger partial charge >= 0.3 is 0 Å². The number of aromatic amines is 1. The summed E-state index contributed by atoms with van der Waals surface area (Å²) >= 11 is 0. The minimum atomic E-state index is -0.287. The van der Waals surface area contributed by atoms with E-state index in [2.05, 4.69) is 4.98 Å². The highest BCUT2D eigenvalue weighted by Crippen LogP contribution is 2.20. The number of aromatic nitrogens is 2. The van der Waals surface area contributed by atoms with Crippen LogP contribution in [0.1, 0.15) is 25.5 Å². The first-order chi connectivity index (χ1) is 7.56. The van der Waals surface area contributed by atoms with Gasteiger partial charge in [-0.05, 0) is 13.8 Å². The van der Waals surface area contributed by atoms with Crippen LogP contribution in [0, 0.1) is 11.3 Å². The van der Waals surface area contributed by atoms with E-state index in [0.29, 0.717) is 16.6 Å². The number of nitrogens with two attached hydrogens (primary N) is 1. The molecule has 2 rings (SSSR count). The third-order valence-corrected chi connectivity index (χ3v) is 2.56. The van der Waals surface area contributed by atoms with Gasteiger partial charge in [-0.25, -0.2) is 0 Å². The van der Waals surface area contributed by atoms with E-state index in [0.717, 1.165) is 0 Å². The summed E-state index contributed by atoms with van der Waals surface area (Å²) in [6.45, 7) is 3.96. The van der Waals surface area contributed by atoms with Gasteiger partial charge in [0.25, 0.3) is 0 Å². The Morgan fingerprint density at radius 1 is 1.56 bits per heavy atom. The van der Waals surface area contributed by atoms with Gasteiger partial charge in [0.2, 0.25) is 5.43 Å². The van der Waals surface area contributed by atoms with E-state index in [4.69, 9.17) is 11.0 Å². The fraction of sp³-hybridized carbons (Fsp3) is 0.273. The van der Waals surface area contributed by atoms with Crippen molar-refractivity contribution >= 4 is 16.7 Å². The third kappa shape index (κ3) is 1.27. The minimum Gasteiger partial charge on any atom is -0.394 e. The SMILES string of the molecule is CC(C)n1cc(C#N)c2c(=O)c(N)c[nH]c21. The molecule has 2 aromatic rings. The van der Waals surface area contributed by atoms with Crippen molar-refractivity contribution in [2.45, 2.75) is 19.9 Å². The second-order valence-corrected chi connectivity index (χ2v) is 3.95. The number of nitriles is 1. The zero-order valence-electron chi connectivity index (χ0n) is 9.11. The van der Waals surface area contributed by atoms with Crippen molar-refractivity contribution in [1.29, 1.82) is 5.26 Å². The number of pyridine rings is 1. The second-order valence-electron chi connectivity index (χ2n) is 3.95. The molecule has 16 heavy (non-hydrogen) atoms. The van der Waals surface area contributed by atoms with E-state index in [-0.39, 0.29) is 17.2 Å². The van der Waals surface area contributed by atoms with Crippen molar-refractivity contribution in [3.63, 3.8) is 0 Å². The van der Waals surface area contributed by atoms with Gasteiger partial charge in [0.15, 0.2) is 0 Å². The average molecular weight is 216 g/mol. The molecule has 0 saturated heterocycles. The molecule has 0 aromatic carbocycles. The molecular formula is C11H12N4O. The molecule has 5 nitrogen and oxygen atoms in total. The van der Waals surface area contributed by atoms with Crippen LogP contribution in [0.4, 0.5) is 5.69 Å². The lowest BCUT2D eigenvalue weighted by atomic mass is 10.2. The van der Waals surface area contributed by atoms with Crippen LogP contribution in [0.25, 0.3) is 11.0 Å². The number of hydrogen-bond donors (Lipinski definition) is 2. The van der Waals surface area contributed by atoms with E-state index in [9.17, 15) is 4.79 Å². The summed E-state index contributed by atoms with van der Waals surface area (Å²) < 4.78 is 1.86. The van der Waals surface area contributed by atoms with Gasteiger partial charge in [-0.15, -0.1) is 0 Å². The molecule has 0 fully saturated rings. The first-order valence-corrected chi connectivity index (χ1v) is 4.98. The molecule has 0 aliphatic carbocycles. The maximum absolute atomic E-state index is 11.8. The molecule has 2 heterocycles. The fourth-order valence-corrected chi connectivity index (χ4v) is 1.75. The Morgan fingerprint density at radius 2 is 2.25 bits per heavy atom. The van der Waals surface area contributed by atoms with Gasteiger partial charge in [-0.3, -0.25) is 4.79 Å². The Labute approximate surface area is 92.1 Å². The number of nitrogens with zero attached hydrogens (tertiary/aromatic N) is 2. The number of H-pyrrole nitrogens is 1. The lowest BCUT2D eigenvalue weighted by Gasteiger charge is -2.08. The van der Waals surface area contributed by atoms with E-state index in [1.165, 1.54) is 6.20 Å². The van der Waals surface area contributed by atoms with Crippen LogP contribution >= 0.6 is 0 Å². The van der Waals surface area contributed by atoms with Crippen LogP contribution in [0.5, 0.6) is 0 Å². The predicted molar refractivity (Wildman–Crippen MR) is 62.1 cm³/mol. The van der Waals surface area contributed by atoms with E-state index in [1.54, 1.807) is 6.20 Å². The van der Waals surface area contributed by atoms with Gasteiger partial charge in [-0.2, -0.15) is 5.26 Å². The van der Waals surface area contributed by atoms with Crippen molar-refractivity contribution in [2.24, 2.45) is 0 Å². The van der Waals surface area contributed by atoms with Gasteiger partial charge < -0.3 is 15.3 Å². The summed E-state index contributed by atoms with van der Waals surface area (Å²) in [6.07, 6.45) is 3.14. The Balaban J connectivity index is 2.98. The highest BCUT2D eigenvalue weighted by molar-refractivity contribution is 5.85. The quantitative estimate of drug-likeness (QED) is 0.754. The summed E-state index contributed by atoms with van der Waals surface area (Å²) in [5.74, 6) is 0. The number of hydrogen-bond acceptors (Lipinski definition) is 3. The van der Waals surface area contributed by atoms with Gasteiger partial charge in [0.05, 0.1) is 16.6 Å². The maximum atomic E-state index is 11.8. The number of fused-ring (bicyclic) bond motifs is 1. The molecule has 0 unspecified atom stereocenters. The van der Waals surface area contributed by atoms with Crippen molar-refractivity contribution in [3.8, 4) is 6.07 Å². The maximum Gasteiger partial charge on any atom is 0.215 e.